The van der Waals surface area contributed by atoms with Gasteiger partial charge >= 0.3 is 0 Å². The van der Waals surface area contributed by atoms with E-state index in [9.17, 15) is 9.59 Å². The van der Waals surface area contributed by atoms with E-state index in [1.807, 2.05) is 30.3 Å². The highest BCUT2D eigenvalue weighted by Gasteiger charge is 2.23. The average molecular weight is 505 g/mol. The fourth-order valence-electron chi connectivity index (χ4n) is 5.31. The highest BCUT2D eigenvalue weighted by molar-refractivity contribution is 5.97. The summed E-state index contributed by atoms with van der Waals surface area (Å²) in [5.74, 6) is 1.18. The van der Waals surface area contributed by atoms with Gasteiger partial charge in [0.05, 0.1) is 20.3 Å². The van der Waals surface area contributed by atoms with Gasteiger partial charge in [-0.25, -0.2) is 4.98 Å². The van der Waals surface area contributed by atoms with Gasteiger partial charge in [-0.2, -0.15) is 0 Å². The third kappa shape index (κ3) is 5.86. The van der Waals surface area contributed by atoms with E-state index in [0.717, 1.165) is 61.0 Å². The molecule has 1 amide bonds. The molecule has 2 aliphatic rings. The Hall–Kier alpha value is -3.23. The molecule has 3 aromatic rings. The first-order chi connectivity index (χ1) is 18.0. The number of morpholine rings is 1. The topological polar surface area (TPSA) is 85.7 Å². The molecule has 5 rings (SSSR count). The Morgan fingerprint density at radius 2 is 1.78 bits per heavy atom. The number of pyridine rings is 2. The zero-order chi connectivity index (χ0) is 25.8. The van der Waals surface area contributed by atoms with Crippen molar-refractivity contribution in [2.75, 3.05) is 40.0 Å². The SMILES string of the molecule is COc1ccc(-c2cnc3c(c2)cc(C(=O)NC2CCC(C)CC2)c(=O)n3CCN2CCOCC2)cc1. The van der Waals surface area contributed by atoms with E-state index < -0.39 is 0 Å². The summed E-state index contributed by atoms with van der Waals surface area (Å²) in [7, 11) is 1.64. The maximum atomic E-state index is 13.6. The number of methoxy groups -OCH3 is 1. The summed E-state index contributed by atoms with van der Waals surface area (Å²) in [4.78, 5) is 34.0. The number of hydrogen-bond acceptors (Lipinski definition) is 6. The predicted molar refractivity (Wildman–Crippen MR) is 144 cm³/mol. The van der Waals surface area contributed by atoms with Crippen LogP contribution < -0.4 is 15.6 Å². The van der Waals surface area contributed by atoms with Crippen molar-refractivity contribution in [3.8, 4) is 16.9 Å². The molecule has 37 heavy (non-hydrogen) atoms. The Labute approximate surface area is 217 Å². The van der Waals surface area contributed by atoms with Crippen molar-refractivity contribution in [3.05, 3.63) is 58.5 Å². The second-order valence-corrected chi connectivity index (χ2v) is 10.3. The van der Waals surface area contributed by atoms with Gasteiger partial charge in [0, 0.05) is 49.4 Å². The van der Waals surface area contributed by atoms with Crippen LogP contribution in [0.25, 0.3) is 22.2 Å². The molecule has 1 aliphatic carbocycles. The largest absolute Gasteiger partial charge is 0.497 e. The Morgan fingerprint density at radius 3 is 2.49 bits per heavy atom. The summed E-state index contributed by atoms with van der Waals surface area (Å²) in [6.45, 7) is 6.48. The lowest BCUT2D eigenvalue weighted by atomic mass is 9.87. The van der Waals surface area contributed by atoms with E-state index in [4.69, 9.17) is 14.5 Å². The van der Waals surface area contributed by atoms with E-state index in [2.05, 4.69) is 17.1 Å². The minimum absolute atomic E-state index is 0.115. The number of carbonyl (C=O) groups excluding carboxylic acids is 1. The Bertz CT molecular complexity index is 1290. The summed E-state index contributed by atoms with van der Waals surface area (Å²) < 4.78 is 12.4. The molecule has 1 saturated carbocycles. The second kappa shape index (κ2) is 11.4. The highest BCUT2D eigenvalue weighted by Crippen LogP contribution is 2.26. The van der Waals surface area contributed by atoms with Gasteiger partial charge in [0.2, 0.25) is 0 Å². The number of carbonyl (C=O) groups is 1. The molecule has 0 radical (unpaired) electrons. The minimum atomic E-state index is -0.290. The third-order valence-corrected chi connectivity index (χ3v) is 7.69. The minimum Gasteiger partial charge on any atom is -0.497 e. The number of nitrogens with one attached hydrogen (secondary N) is 1. The van der Waals surface area contributed by atoms with Crippen molar-refractivity contribution in [2.24, 2.45) is 5.92 Å². The number of aromatic nitrogens is 2. The standard InChI is InChI=1S/C29H36N4O4/c1-20-3-7-24(8-4-20)31-28(34)26-18-22-17-23(21-5-9-25(36-2)10-6-21)19-30-27(22)33(29(26)35)12-11-32-13-15-37-16-14-32/h5-6,9-10,17-20,24H,3-4,7-8,11-16H2,1-2H3,(H,31,34). The maximum absolute atomic E-state index is 13.6. The molecule has 8 nitrogen and oxygen atoms in total. The first kappa shape index (κ1) is 25.4. The lowest BCUT2D eigenvalue weighted by molar-refractivity contribution is 0.0364. The zero-order valence-electron chi connectivity index (χ0n) is 21.7. The molecule has 1 N–H and O–H groups in total. The van der Waals surface area contributed by atoms with Crippen molar-refractivity contribution < 1.29 is 14.3 Å². The van der Waals surface area contributed by atoms with Gasteiger partial charge in [0.25, 0.3) is 11.5 Å². The molecule has 0 unspecified atom stereocenters. The van der Waals surface area contributed by atoms with Crippen LogP contribution in [0.15, 0.2) is 47.4 Å². The maximum Gasteiger partial charge on any atom is 0.265 e. The van der Waals surface area contributed by atoms with Crippen LogP contribution in [0.3, 0.4) is 0 Å². The molecule has 0 atom stereocenters. The van der Waals surface area contributed by atoms with E-state index in [1.54, 1.807) is 23.9 Å². The van der Waals surface area contributed by atoms with Crippen LogP contribution in [0.1, 0.15) is 43.0 Å². The van der Waals surface area contributed by atoms with Crippen molar-refractivity contribution in [2.45, 2.75) is 45.2 Å². The number of benzene rings is 1. The van der Waals surface area contributed by atoms with Crippen LogP contribution in [0.4, 0.5) is 0 Å². The molecule has 196 valence electrons. The van der Waals surface area contributed by atoms with Crippen molar-refractivity contribution in [1.29, 1.82) is 0 Å². The number of ether oxygens (including phenoxy) is 2. The molecule has 0 bridgehead atoms. The fourth-order valence-corrected chi connectivity index (χ4v) is 5.31. The van der Waals surface area contributed by atoms with Crippen LogP contribution >= 0.6 is 0 Å². The number of nitrogens with zero attached hydrogens (tertiary/aromatic N) is 3. The Kier molecular flexibility index (Phi) is 7.86. The monoisotopic (exact) mass is 504 g/mol. The molecule has 1 aromatic carbocycles. The molecule has 2 aromatic heterocycles. The van der Waals surface area contributed by atoms with E-state index in [1.165, 1.54) is 0 Å². The first-order valence-electron chi connectivity index (χ1n) is 13.3. The molecule has 8 heteroatoms. The highest BCUT2D eigenvalue weighted by atomic mass is 16.5. The van der Waals surface area contributed by atoms with Crippen molar-refractivity contribution >= 4 is 16.9 Å². The van der Waals surface area contributed by atoms with Crippen molar-refractivity contribution in [1.82, 2.24) is 19.8 Å². The summed E-state index contributed by atoms with van der Waals surface area (Å²) in [6, 6.07) is 11.6. The summed E-state index contributed by atoms with van der Waals surface area (Å²) >= 11 is 0. The smallest absolute Gasteiger partial charge is 0.265 e. The molecular formula is C29H36N4O4. The normalized spacial score (nSPS) is 20.6. The van der Waals surface area contributed by atoms with Crippen LogP contribution in [0, 0.1) is 5.92 Å². The Balaban J connectivity index is 1.49. The van der Waals surface area contributed by atoms with Crippen molar-refractivity contribution in [3.63, 3.8) is 0 Å². The van der Waals surface area contributed by atoms with Crippen LogP contribution in [-0.2, 0) is 11.3 Å². The van der Waals surface area contributed by atoms with Gasteiger partial charge < -0.3 is 14.8 Å². The first-order valence-corrected chi connectivity index (χ1v) is 13.3. The van der Waals surface area contributed by atoms with Gasteiger partial charge in [-0.3, -0.25) is 19.1 Å². The number of rotatable bonds is 7. The van der Waals surface area contributed by atoms with Gasteiger partial charge in [0.15, 0.2) is 0 Å². The summed E-state index contributed by atoms with van der Waals surface area (Å²) in [6.07, 6.45) is 5.89. The Morgan fingerprint density at radius 1 is 1.05 bits per heavy atom. The quantitative estimate of drug-likeness (QED) is 0.528. The molecule has 1 saturated heterocycles. The third-order valence-electron chi connectivity index (χ3n) is 7.69. The van der Waals surface area contributed by atoms with Crippen LogP contribution in [0.5, 0.6) is 5.75 Å². The molecule has 2 fully saturated rings. The summed E-state index contributed by atoms with van der Waals surface area (Å²) in [5.41, 5.74) is 2.40. The van der Waals surface area contributed by atoms with Gasteiger partial charge in [0.1, 0.15) is 17.0 Å². The van der Waals surface area contributed by atoms with Crippen LogP contribution in [-0.4, -0.2) is 66.4 Å². The van der Waals surface area contributed by atoms with Crippen LogP contribution in [0.2, 0.25) is 0 Å². The van der Waals surface area contributed by atoms with E-state index in [-0.39, 0.29) is 23.1 Å². The second-order valence-electron chi connectivity index (χ2n) is 10.3. The average Bonchev–Trinajstić information content (AvgIpc) is 2.94. The van der Waals surface area contributed by atoms with Gasteiger partial charge in [-0.05, 0) is 61.4 Å². The van der Waals surface area contributed by atoms with E-state index >= 15 is 0 Å². The molecular weight excluding hydrogens is 468 g/mol. The molecule has 0 spiro atoms. The summed E-state index contributed by atoms with van der Waals surface area (Å²) in [5, 5.41) is 3.91. The lowest BCUT2D eigenvalue weighted by Crippen LogP contribution is -2.42. The number of amides is 1. The molecule has 1 aliphatic heterocycles. The van der Waals surface area contributed by atoms with Gasteiger partial charge in [-0.1, -0.05) is 19.1 Å². The zero-order valence-corrected chi connectivity index (χ0v) is 21.7. The van der Waals surface area contributed by atoms with Gasteiger partial charge in [-0.15, -0.1) is 0 Å². The van der Waals surface area contributed by atoms with E-state index in [0.29, 0.717) is 37.9 Å². The number of hydrogen-bond donors (Lipinski definition) is 1. The predicted octanol–water partition coefficient (Wildman–Crippen LogP) is 3.71. The molecule has 3 heterocycles. The fraction of sp³-hybridized carbons (Fsp3) is 0.483. The lowest BCUT2D eigenvalue weighted by Gasteiger charge is -2.27. The number of fused-ring (bicyclic) bond motifs is 1.